The molecule has 0 fully saturated rings. The van der Waals surface area contributed by atoms with Crippen LogP contribution in [0.25, 0.3) is 5.57 Å². The Labute approximate surface area is 114 Å². The topological polar surface area (TPSA) is 0 Å². The lowest BCUT2D eigenvalue weighted by molar-refractivity contribution is 1.17. The molecule has 0 aromatic heterocycles. The number of rotatable bonds is 0. The Balaban J connectivity index is 1.86. The van der Waals surface area contributed by atoms with Gasteiger partial charge in [-0.05, 0) is 52.7 Å². The molecule has 0 heterocycles. The van der Waals surface area contributed by atoms with Crippen LogP contribution in [-0.2, 0) is 19.3 Å². The zero-order valence-corrected chi connectivity index (χ0v) is 10.9. The summed E-state index contributed by atoms with van der Waals surface area (Å²) in [5.74, 6) is 0. The van der Waals surface area contributed by atoms with E-state index in [4.69, 9.17) is 0 Å². The third kappa shape index (κ3) is 1.60. The summed E-state index contributed by atoms with van der Waals surface area (Å²) in [6.45, 7) is 4.30. The summed E-state index contributed by atoms with van der Waals surface area (Å²) < 4.78 is 0. The lowest BCUT2D eigenvalue weighted by Gasteiger charge is -2.07. The van der Waals surface area contributed by atoms with Crippen molar-refractivity contribution in [3.63, 3.8) is 0 Å². The van der Waals surface area contributed by atoms with Gasteiger partial charge in [0.15, 0.2) is 0 Å². The van der Waals surface area contributed by atoms with E-state index < -0.39 is 0 Å². The molecule has 0 spiro atoms. The number of benzene rings is 2. The Hall–Kier alpha value is -2.08. The fourth-order valence-electron chi connectivity index (χ4n) is 3.47. The Bertz CT molecular complexity index is 689. The maximum Gasteiger partial charge on any atom is -0.00193 e. The molecule has 92 valence electrons. The minimum absolute atomic E-state index is 1.02. The third-order valence-corrected chi connectivity index (χ3v) is 4.32. The number of hydrogen-bond acceptors (Lipinski definition) is 0. The summed E-state index contributed by atoms with van der Waals surface area (Å²) in [7, 11) is 0. The van der Waals surface area contributed by atoms with E-state index in [0.29, 0.717) is 0 Å². The van der Waals surface area contributed by atoms with E-state index in [2.05, 4.69) is 55.1 Å². The Kier molecular flexibility index (Phi) is 2.25. The fourth-order valence-corrected chi connectivity index (χ4v) is 3.47. The summed E-state index contributed by atoms with van der Waals surface area (Å²) in [5.41, 5.74) is 10.1. The fraction of sp³-hybridized carbons (Fsp3) is 0.158. The highest BCUT2D eigenvalue weighted by Crippen LogP contribution is 2.41. The second kappa shape index (κ2) is 3.96. The average molecular weight is 244 g/mol. The van der Waals surface area contributed by atoms with Gasteiger partial charge < -0.3 is 0 Å². The van der Waals surface area contributed by atoms with Crippen molar-refractivity contribution in [2.45, 2.75) is 19.3 Å². The van der Waals surface area contributed by atoms with E-state index >= 15 is 0 Å². The molecule has 0 heteroatoms. The molecule has 0 saturated heterocycles. The third-order valence-electron chi connectivity index (χ3n) is 4.32. The second-order valence-electron chi connectivity index (χ2n) is 5.54. The molecule has 0 unspecified atom stereocenters. The quantitative estimate of drug-likeness (QED) is 0.646. The van der Waals surface area contributed by atoms with E-state index in [1.54, 1.807) is 5.57 Å². The van der Waals surface area contributed by atoms with Gasteiger partial charge in [0.1, 0.15) is 0 Å². The molecule has 2 aliphatic rings. The van der Waals surface area contributed by atoms with Crippen molar-refractivity contribution >= 4 is 5.57 Å². The van der Waals surface area contributed by atoms with E-state index in [1.807, 2.05) is 0 Å². The van der Waals surface area contributed by atoms with Crippen molar-refractivity contribution in [2.24, 2.45) is 0 Å². The Morgan fingerprint density at radius 2 is 1.26 bits per heavy atom. The molecule has 0 bridgehead atoms. The normalized spacial score (nSPS) is 16.7. The van der Waals surface area contributed by atoms with Crippen LogP contribution in [0.3, 0.4) is 0 Å². The number of fused-ring (bicyclic) bond motifs is 2. The largest absolute Gasteiger partial charge is 0.0949 e. The Morgan fingerprint density at radius 1 is 0.684 bits per heavy atom. The molecular formula is C19H16. The molecule has 0 saturated carbocycles. The van der Waals surface area contributed by atoms with Gasteiger partial charge in [0, 0.05) is 0 Å². The van der Waals surface area contributed by atoms with Crippen LogP contribution >= 0.6 is 0 Å². The maximum absolute atomic E-state index is 4.30. The van der Waals surface area contributed by atoms with Gasteiger partial charge in [-0.2, -0.15) is 0 Å². The molecule has 0 N–H and O–H groups in total. The molecule has 2 aliphatic carbocycles. The molecule has 0 atom stereocenters. The lowest BCUT2D eigenvalue weighted by Crippen LogP contribution is -1.90. The van der Waals surface area contributed by atoms with Gasteiger partial charge in [0.2, 0.25) is 0 Å². The summed E-state index contributed by atoms with van der Waals surface area (Å²) >= 11 is 0. The van der Waals surface area contributed by atoms with Gasteiger partial charge >= 0.3 is 0 Å². The van der Waals surface area contributed by atoms with Gasteiger partial charge in [0.25, 0.3) is 0 Å². The van der Waals surface area contributed by atoms with Crippen LogP contribution in [0.2, 0.25) is 0 Å². The molecule has 2 aromatic rings. The number of hydrogen-bond donors (Lipinski definition) is 0. The van der Waals surface area contributed by atoms with Crippen LogP contribution in [0.5, 0.6) is 0 Å². The summed E-state index contributed by atoms with van der Waals surface area (Å²) in [4.78, 5) is 0. The first-order valence-corrected chi connectivity index (χ1v) is 6.88. The highest BCUT2D eigenvalue weighted by Gasteiger charge is 2.25. The zero-order valence-electron chi connectivity index (χ0n) is 10.9. The van der Waals surface area contributed by atoms with Crippen LogP contribution in [0, 0.1) is 0 Å². The van der Waals surface area contributed by atoms with Crippen molar-refractivity contribution in [1.29, 1.82) is 0 Å². The molecule has 0 aliphatic heterocycles. The summed E-state index contributed by atoms with van der Waals surface area (Å²) in [6, 6.07) is 17.5. The van der Waals surface area contributed by atoms with Crippen molar-refractivity contribution < 1.29 is 0 Å². The zero-order chi connectivity index (χ0) is 12.8. The average Bonchev–Trinajstić information content (AvgIpc) is 2.97. The van der Waals surface area contributed by atoms with Crippen LogP contribution in [0.15, 0.2) is 66.3 Å². The first kappa shape index (κ1) is 10.8. The SMILES string of the molecule is C=C1Cc2ccccc2C1=C1Cc2ccccc2C1. The minimum atomic E-state index is 1.02. The molecular weight excluding hydrogens is 228 g/mol. The Morgan fingerprint density at radius 3 is 1.95 bits per heavy atom. The van der Waals surface area contributed by atoms with Crippen molar-refractivity contribution in [2.75, 3.05) is 0 Å². The van der Waals surface area contributed by atoms with E-state index in [0.717, 1.165) is 19.3 Å². The highest BCUT2D eigenvalue weighted by molar-refractivity contribution is 5.88. The first-order valence-electron chi connectivity index (χ1n) is 6.88. The molecule has 0 radical (unpaired) electrons. The van der Waals surface area contributed by atoms with Crippen molar-refractivity contribution in [1.82, 2.24) is 0 Å². The van der Waals surface area contributed by atoms with Crippen molar-refractivity contribution in [3.05, 3.63) is 88.5 Å². The standard InChI is InChI=1S/C19H16/c1-13-10-16-8-4-5-9-18(16)19(13)17-11-14-6-2-3-7-15(14)12-17/h2-9H,1,10-12H2. The van der Waals surface area contributed by atoms with E-state index in [1.165, 1.54) is 33.4 Å². The van der Waals surface area contributed by atoms with Crippen LogP contribution < -0.4 is 0 Å². The predicted octanol–water partition coefficient (Wildman–Crippen LogP) is 4.35. The molecule has 0 nitrogen and oxygen atoms in total. The van der Waals surface area contributed by atoms with Gasteiger partial charge in [0.05, 0.1) is 0 Å². The summed E-state index contributed by atoms with van der Waals surface area (Å²) in [6.07, 6.45) is 3.21. The van der Waals surface area contributed by atoms with Gasteiger partial charge in [-0.3, -0.25) is 0 Å². The van der Waals surface area contributed by atoms with E-state index in [9.17, 15) is 0 Å². The maximum atomic E-state index is 4.30. The molecule has 2 aromatic carbocycles. The molecule has 4 rings (SSSR count). The monoisotopic (exact) mass is 244 g/mol. The first-order chi connectivity index (χ1) is 9.33. The van der Waals surface area contributed by atoms with Crippen LogP contribution in [0.4, 0.5) is 0 Å². The van der Waals surface area contributed by atoms with E-state index in [-0.39, 0.29) is 0 Å². The highest BCUT2D eigenvalue weighted by atomic mass is 14.3. The number of allylic oxidation sites excluding steroid dienone is 3. The van der Waals surface area contributed by atoms with Gasteiger partial charge in [-0.25, -0.2) is 0 Å². The summed E-state index contributed by atoms with van der Waals surface area (Å²) in [5, 5.41) is 0. The second-order valence-corrected chi connectivity index (χ2v) is 5.54. The molecule has 0 amide bonds. The lowest BCUT2D eigenvalue weighted by atomic mass is 9.97. The van der Waals surface area contributed by atoms with Crippen LogP contribution in [-0.4, -0.2) is 0 Å². The minimum Gasteiger partial charge on any atom is -0.0949 e. The van der Waals surface area contributed by atoms with Gasteiger partial charge in [-0.15, -0.1) is 0 Å². The van der Waals surface area contributed by atoms with Crippen LogP contribution in [0.1, 0.15) is 22.3 Å². The van der Waals surface area contributed by atoms with Crippen molar-refractivity contribution in [3.8, 4) is 0 Å². The molecule has 19 heavy (non-hydrogen) atoms. The smallest absolute Gasteiger partial charge is 0.00193 e. The van der Waals surface area contributed by atoms with Gasteiger partial charge in [-0.1, -0.05) is 60.7 Å². The predicted molar refractivity (Wildman–Crippen MR) is 80.1 cm³/mol.